The molecule has 2 heterocycles. The lowest BCUT2D eigenvalue weighted by Gasteiger charge is -2.13. The van der Waals surface area contributed by atoms with E-state index in [1.54, 1.807) is 0 Å². The molecule has 7 nitrogen and oxygen atoms in total. The van der Waals surface area contributed by atoms with E-state index in [1.165, 1.54) is 0 Å². The van der Waals surface area contributed by atoms with Crippen LogP contribution in [0.5, 0.6) is 5.88 Å². The van der Waals surface area contributed by atoms with Crippen LogP contribution in [0.3, 0.4) is 0 Å². The van der Waals surface area contributed by atoms with Gasteiger partial charge in [0.25, 0.3) is 5.56 Å². The third-order valence-corrected chi connectivity index (χ3v) is 4.49. The van der Waals surface area contributed by atoms with Gasteiger partial charge >= 0.3 is 5.69 Å². The van der Waals surface area contributed by atoms with Crippen molar-refractivity contribution in [3.8, 4) is 5.88 Å². The Labute approximate surface area is 149 Å². The van der Waals surface area contributed by atoms with Gasteiger partial charge in [-0.05, 0) is 30.9 Å². The number of aromatic hydroxyl groups is 1. The lowest BCUT2D eigenvalue weighted by atomic mass is 10.0. The SMILES string of the molecule is CCC(=NC(CC)Cc1c[nH]c2ccccc12)c1c(O)[nH]c(=O)[nH]c1=O. The number of fused-ring (bicyclic) bond motifs is 1. The maximum Gasteiger partial charge on any atom is 0.328 e. The first-order valence-corrected chi connectivity index (χ1v) is 8.71. The molecule has 0 aliphatic rings. The minimum absolute atomic E-state index is 0.0319. The first kappa shape index (κ1) is 17.7. The van der Waals surface area contributed by atoms with E-state index in [0.717, 1.165) is 22.9 Å². The highest BCUT2D eigenvalue weighted by molar-refractivity contribution is 6.02. The van der Waals surface area contributed by atoms with Crippen LogP contribution in [-0.4, -0.2) is 31.8 Å². The Hall–Kier alpha value is -3.09. The van der Waals surface area contributed by atoms with Crippen LogP contribution in [0.2, 0.25) is 0 Å². The topological polar surface area (TPSA) is 114 Å². The van der Waals surface area contributed by atoms with Gasteiger partial charge in [-0.2, -0.15) is 0 Å². The smallest absolute Gasteiger partial charge is 0.328 e. The standard InChI is InChI=1S/C19H22N4O3/c1-3-12(9-11-10-20-15-8-6-5-7-13(11)15)21-14(4-2)16-17(24)22-19(26)23-18(16)25/h5-8,10,12,20H,3-4,9H2,1-2H3,(H3,22,23,24,25,26). The molecule has 136 valence electrons. The number of hydrogen-bond donors (Lipinski definition) is 4. The molecule has 3 aromatic rings. The number of aromatic amines is 3. The summed E-state index contributed by atoms with van der Waals surface area (Å²) in [7, 11) is 0. The van der Waals surface area contributed by atoms with Gasteiger partial charge in [-0.3, -0.25) is 19.8 Å². The molecule has 26 heavy (non-hydrogen) atoms. The largest absolute Gasteiger partial charge is 0.494 e. The van der Waals surface area contributed by atoms with E-state index in [2.05, 4.69) is 21.0 Å². The van der Waals surface area contributed by atoms with Crippen LogP contribution in [-0.2, 0) is 6.42 Å². The van der Waals surface area contributed by atoms with Crippen molar-refractivity contribution in [2.24, 2.45) is 4.99 Å². The summed E-state index contributed by atoms with van der Waals surface area (Å²) >= 11 is 0. The molecule has 2 aromatic heterocycles. The van der Waals surface area contributed by atoms with Crippen molar-refractivity contribution >= 4 is 16.6 Å². The highest BCUT2D eigenvalue weighted by Gasteiger charge is 2.17. The third-order valence-electron chi connectivity index (χ3n) is 4.49. The van der Waals surface area contributed by atoms with Gasteiger partial charge in [0.15, 0.2) is 0 Å². The first-order valence-electron chi connectivity index (χ1n) is 8.71. The predicted octanol–water partition coefficient (Wildman–Crippen LogP) is 2.47. The number of H-pyrrole nitrogens is 3. The van der Waals surface area contributed by atoms with E-state index in [-0.39, 0.29) is 11.6 Å². The molecule has 0 amide bonds. The van der Waals surface area contributed by atoms with E-state index in [0.29, 0.717) is 18.6 Å². The summed E-state index contributed by atoms with van der Waals surface area (Å²) in [5.41, 5.74) is 1.38. The van der Waals surface area contributed by atoms with Crippen molar-refractivity contribution in [2.45, 2.75) is 39.2 Å². The van der Waals surface area contributed by atoms with Crippen LogP contribution in [0.4, 0.5) is 0 Å². The molecule has 0 radical (unpaired) electrons. The molecular formula is C19H22N4O3. The molecule has 0 bridgehead atoms. The van der Waals surface area contributed by atoms with Crippen LogP contribution >= 0.6 is 0 Å². The van der Waals surface area contributed by atoms with Crippen molar-refractivity contribution in [2.75, 3.05) is 0 Å². The molecule has 0 spiro atoms. The Kier molecular flexibility index (Phi) is 5.06. The summed E-state index contributed by atoms with van der Waals surface area (Å²) in [6.45, 7) is 3.90. The number of para-hydroxylation sites is 1. The average Bonchev–Trinajstić information content (AvgIpc) is 3.02. The number of aliphatic imine (C=N–C) groups is 1. The van der Waals surface area contributed by atoms with E-state index in [4.69, 9.17) is 4.99 Å². The summed E-state index contributed by atoms with van der Waals surface area (Å²) in [5, 5.41) is 11.2. The van der Waals surface area contributed by atoms with Gasteiger partial charge in [-0.1, -0.05) is 32.0 Å². The Morgan fingerprint density at radius 2 is 1.96 bits per heavy atom. The lowest BCUT2D eigenvalue weighted by Crippen LogP contribution is -2.28. The Morgan fingerprint density at radius 1 is 1.19 bits per heavy atom. The fraction of sp³-hybridized carbons (Fsp3) is 0.316. The van der Waals surface area contributed by atoms with Crippen LogP contribution in [0.15, 0.2) is 45.0 Å². The van der Waals surface area contributed by atoms with Crippen LogP contribution in [0.1, 0.15) is 37.8 Å². The Bertz CT molecular complexity index is 1060. The monoisotopic (exact) mass is 354 g/mol. The lowest BCUT2D eigenvalue weighted by molar-refractivity contribution is 0.447. The fourth-order valence-corrected chi connectivity index (χ4v) is 3.13. The zero-order valence-electron chi connectivity index (χ0n) is 14.8. The number of hydrogen-bond acceptors (Lipinski definition) is 4. The number of nitrogens with one attached hydrogen (secondary N) is 3. The number of aromatic nitrogens is 3. The molecule has 1 unspecified atom stereocenters. The summed E-state index contributed by atoms with van der Waals surface area (Å²) < 4.78 is 0. The van der Waals surface area contributed by atoms with Crippen molar-refractivity contribution in [3.63, 3.8) is 0 Å². The van der Waals surface area contributed by atoms with E-state index >= 15 is 0 Å². The van der Waals surface area contributed by atoms with Crippen molar-refractivity contribution in [1.29, 1.82) is 0 Å². The molecule has 3 rings (SSSR count). The maximum atomic E-state index is 12.1. The summed E-state index contributed by atoms with van der Waals surface area (Å²) in [6, 6.07) is 8.03. The average molecular weight is 354 g/mol. The molecular weight excluding hydrogens is 332 g/mol. The predicted molar refractivity (Wildman–Crippen MR) is 102 cm³/mol. The van der Waals surface area contributed by atoms with E-state index in [1.807, 2.05) is 38.2 Å². The summed E-state index contributed by atoms with van der Waals surface area (Å²) in [6.07, 6.45) is 3.95. The summed E-state index contributed by atoms with van der Waals surface area (Å²) in [5.74, 6) is -0.443. The summed E-state index contributed by atoms with van der Waals surface area (Å²) in [4.78, 5) is 35.7. The van der Waals surface area contributed by atoms with Gasteiger partial charge < -0.3 is 10.1 Å². The van der Waals surface area contributed by atoms with E-state index < -0.39 is 17.1 Å². The fourth-order valence-electron chi connectivity index (χ4n) is 3.13. The molecule has 7 heteroatoms. The minimum atomic E-state index is -0.738. The van der Waals surface area contributed by atoms with Crippen LogP contribution in [0.25, 0.3) is 10.9 Å². The van der Waals surface area contributed by atoms with Gasteiger partial charge in [0.1, 0.15) is 5.56 Å². The highest BCUT2D eigenvalue weighted by Crippen LogP contribution is 2.21. The van der Waals surface area contributed by atoms with Crippen LogP contribution in [0, 0.1) is 0 Å². The quantitative estimate of drug-likeness (QED) is 0.510. The number of nitrogens with zero attached hydrogens (tertiary/aromatic N) is 1. The maximum absolute atomic E-state index is 12.1. The Morgan fingerprint density at radius 3 is 2.65 bits per heavy atom. The minimum Gasteiger partial charge on any atom is -0.494 e. The third kappa shape index (κ3) is 3.46. The molecule has 0 saturated heterocycles. The molecule has 0 saturated carbocycles. The van der Waals surface area contributed by atoms with Crippen LogP contribution < -0.4 is 11.2 Å². The van der Waals surface area contributed by atoms with Crippen molar-refractivity contribution in [1.82, 2.24) is 15.0 Å². The molecule has 0 aliphatic heterocycles. The van der Waals surface area contributed by atoms with Gasteiger partial charge in [-0.15, -0.1) is 0 Å². The molecule has 1 aromatic carbocycles. The second-order valence-electron chi connectivity index (χ2n) is 6.19. The van der Waals surface area contributed by atoms with Crippen molar-refractivity contribution < 1.29 is 5.11 Å². The molecule has 0 fully saturated rings. The first-order chi connectivity index (χ1) is 12.5. The molecule has 0 aliphatic carbocycles. The zero-order chi connectivity index (χ0) is 18.7. The number of rotatable bonds is 6. The zero-order valence-corrected chi connectivity index (χ0v) is 14.8. The highest BCUT2D eigenvalue weighted by atomic mass is 16.3. The Balaban J connectivity index is 1.97. The van der Waals surface area contributed by atoms with Gasteiger partial charge in [0, 0.05) is 17.1 Å². The molecule has 4 N–H and O–H groups in total. The molecule has 1 atom stereocenters. The van der Waals surface area contributed by atoms with Gasteiger partial charge in [0.05, 0.1) is 11.8 Å². The second-order valence-corrected chi connectivity index (χ2v) is 6.19. The van der Waals surface area contributed by atoms with E-state index in [9.17, 15) is 14.7 Å². The normalized spacial score (nSPS) is 13.2. The number of benzene rings is 1. The van der Waals surface area contributed by atoms with Crippen molar-refractivity contribution in [3.05, 3.63) is 62.4 Å². The second kappa shape index (κ2) is 7.43. The van der Waals surface area contributed by atoms with Gasteiger partial charge in [0.2, 0.25) is 5.88 Å². The van der Waals surface area contributed by atoms with Gasteiger partial charge in [-0.25, -0.2) is 4.79 Å².